The van der Waals surface area contributed by atoms with Crippen molar-refractivity contribution in [2.45, 2.75) is 6.92 Å². The predicted molar refractivity (Wildman–Crippen MR) is 32.7 cm³/mol. The molecule has 0 N–H and O–H groups in total. The van der Waals surface area contributed by atoms with Crippen LogP contribution in [0.5, 0.6) is 0 Å². The molecule has 2 nitrogen and oxygen atoms in total. The molecule has 0 atom stereocenters. The summed E-state index contributed by atoms with van der Waals surface area (Å²) in [7, 11) is 2.90. The summed E-state index contributed by atoms with van der Waals surface area (Å²) in [5.74, 6) is -0.458. The van der Waals surface area contributed by atoms with E-state index >= 15 is 0 Å². The molecule has 50 valence electrons. The first kappa shape index (κ1) is 15.7. The minimum absolute atomic E-state index is 0. The maximum Gasteiger partial charge on any atom is 0.301 e. The van der Waals surface area contributed by atoms with Crippen LogP contribution in [0.25, 0.3) is 0 Å². The maximum atomic E-state index is 10.1. The van der Waals surface area contributed by atoms with Gasteiger partial charge in [0, 0.05) is 5.57 Å². The van der Waals surface area contributed by atoms with Gasteiger partial charge in [-0.2, -0.15) is 7.11 Å². The Hall–Kier alpha value is -1.79. The summed E-state index contributed by atoms with van der Waals surface area (Å²) in [6, 6.07) is 0. The van der Waals surface area contributed by atoms with E-state index in [4.69, 9.17) is 0 Å². The summed E-state index contributed by atoms with van der Waals surface area (Å²) in [5.41, 5.74) is 0.370. The van der Waals surface area contributed by atoms with Gasteiger partial charge in [-0.1, -0.05) is 6.58 Å². The smallest absolute Gasteiger partial charge is 0.301 e. The molecule has 0 saturated heterocycles. The molecule has 0 bridgehead atoms. The molecule has 0 aromatic rings. The van der Waals surface area contributed by atoms with Gasteiger partial charge >= 0.3 is 5.97 Å². The van der Waals surface area contributed by atoms with Gasteiger partial charge in [0.05, 0.1) is 0 Å². The Labute approximate surface area is 50.2 Å². The Bertz CT molecular complexity index is 99.2. The number of carbonyl (C=O) groups is 1. The molecule has 0 aliphatic heterocycles. The van der Waals surface area contributed by atoms with Gasteiger partial charge in [0.1, 0.15) is 0 Å². The van der Waals surface area contributed by atoms with Gasteiger partial charge in [0.25, 0.3) is 0 Å². The first-order valence-corrected chi connectivity index (χ1v) is 1.80. The topological polar surface area (TPSA) is 26.3 Å². The van der Waals surface area contributed by atoms with Crippen LogP contribution in [0.15, 0.2) is 12.2 Å². The predicted octanol–water partition coefficient (Wildman–Crippen LogP) is 1.35. The molecule has 0 amide bonds. The monoisotopic (exact) mass is 381 g/mol. The number of hydrogen-bond acceptors (Lipinski definition) is 2. The molecule has 0 aliphatic rings. The molecule has 0 spiro atoms. The molecular weight excluding hydrogens is 371 g/mol. The Morgan fingerprint density at radius 1 is 1.67 bits per heavy atom. The van der Waals surface area contributed by atoms with E-state index in [1.54, 1.807) is 6.92 Å². The van der Waals surface area contributed by atoms with Crippen LogP contribution in [0, 0.1) is 14.5 Å². The minimum Gasteiger partial charge on any atom is -0.637 e. The largest absolute Gasteiger partial charge is 0.637 e. The van der Waals surface area contributed by atoms with Crippen LogP contribution < -0.4 is 0 Å². The summed E-state index contributed by atoms with van der Waals surface area (Å²) in [5, 5.41) is 0. The maximum absolute atomic E-state index is 10.1. The summed E-state index contributed by atoms with van der Waals surface area (Å²) in [6.45, 7) is 4.87. The summed E-state index contributed by atoms with van der Waals surface area (Å²) in [4.78, 5) is 10.1. The minimum atomic E-state index is -0.458. The fourth-order valence-corrected chi connectivity index (χ4v) is 0.123. The van der Waals surface area contributed by atoms with Crippen molar-refractivity contribution in [1.82, 2.24) is 0 Å². The Kier molecular flexibility index (Phi) is 10.8. The second-order valence-electron chi connectivity index (χ2n) is 1.21. The second-order valence-corrected chi connectivity index (χ2v) is 1.21. The molecule has 0 radical (unpaired) electrons. The van der Waals surface area contributed by atoms with Gasteiger partial charge in [-0.25, -0.2) is 4.79 Å². The summed E-state index contributed by atoms with van der Waals surface area (Å²) in [6.07, 6.45) is 0. The van der Waals surface area contributed by atoms with Crippen LogP contribution in [-0.2, 0) is 9.53 Å². The Balaban J connectivity index is -0.000000180. The number of carbonyl (C=O) groups excluding carboxylic acids is 1. The van der Waals surface area contributed by atoms with Crippen LogP contribution in [0.4, 0.5) is 0 Å². The average molecular weight is 381 g/mol. The van der Waals surface area contributed by atoms with Crippen molar-refractivity contribution in [3.05, 3.63) is 26.7 Å². The zero-order chi connectivity index (χ0) is 5.86. The van der Waals surface area contributed by atoms with Crippen molar-refractivity contribution in [2.75, 3.05) is 0 Å². The molecule has 9 heavy (non-hydrogen) atoms. The van der Waals surface area contributed by atoms with Gasteiger partial charge in [-0.05, 0) is 6.92 Å². The zero-order valence-electron chi connectivity index (χ0n) is 5.94. The number of hydrogen-bond donors (Lipinski definition) is 0. The van der Waals surface area contributed by atoms with Gasteiger partial charge < -0.3 is 12.2 Å². The molecule has 0 aliphatic carbocycles. The van der Waals surface area contributed by atoms with E-state index < -0.39 is 5.97 Å². The van der Waals surface area contributed by atoms with E-state index in [-0.39, 0.29) is 7.43 Å². The Morgan fingerprint density at radius 3 is 2.00 bits per heavy atom. The fourth-order valence-electron chi connectivity index (χ4n) is 0.123. The number of rotatable bonds is 1. The van der Waals surface area contributed by atoms with Crippen molar-refractivity contribution < 1.29 is 9.53 Å². The fraction of sp³-hybridized carbons (Fsp3) is 0.167. The molecule has 0 saturated carbocycles. The SMILES string of the molecule is C=C(C)C(=O)O[CH2-].[CH3-].[Rf]. The van der Waals surface area contributed by atoms with Gasteiger partial charge in [-0.3, -0.25) is 0 Å². The molecular formula is C6H10O2Rf-2. The molecule has 0 unspecified atom stereocenters. The van der Waals surface area contributed by atoms with E-state index in [9.17, 15) is 4.79 Å². The van der Waals surface area contributed by atoms with Crippen LogP contribution in [0.1, 0.15) is 6.92 Å². The van der Waals surface area contributed by atoms with Gasteiger partial charge in [0.15, 0.2) is 0 Å². The number of ether oxygens (including phenoxy) is 1. The van der Waals surface area contributed by atoms with E-state index in [1.165, 1.54) is 0 Å². The normalized spacial score (nSPS) is 6.00. The third-order valence-corrected chi connectivity index (χ3v) is 0.480. The van der Waals surface area contributed by atoms with Crippen LogP contribution in [0.2, 0.25) is 0 Å². The van der Waals surface area contributed by atoms with Crippen LogP contribution in [-0.4, -0.2) is 5.97 Å². The van der Waals surface area contributed by atoms with Crippen molar-refractivity contribution in [2.24, 2.45) is 0 Å². The zero-order valence-corrected chi connectivity index (χ0v) is 12.3. The van der Waals surface area contributed by atoms with Crippen molar-refractivity contribution in [3.8, 4) is 0 Å². The van der Waals surface area contributed by atoms with Crippen molar-refractivity contribution in [3.63, 3.8) is 0 Å². The second kappa shape index (κ2) is 6.21. The van der Waals surface area contributed by atoms with Crippen LogP contribution in [0.3, 0.4) is 0 Å². The average Bonchev–Trinajstić information content (AvgIpc) is 1.65. The molecule has 0 rings (SSSR count). The quantitative estimate of drug-likeness (QED) is 0.390. The Morgan fingerprint density at radius 2 is 2.00 bits per heavy atom. The van der Waals surface area contributed by atoms with E-state index in [1.807, 2.05) is 0 Å². The number of esters is 1. The molecule has 0 heterocycles. The first-order valence-electron chi connectivity index (χ1n) is 1.80. The van der Waals surface area contributed by atoms with Crippen molar-refractivity contribution >= 4 is 5.97 Å². The van der Waals surface area contributed by atoms with E-state index in [2.05, 4.69) is 18.4 Å². The van der Waals surface area contributed by atoms with Crippen LogP contribution >= 0.6 is 0 Å². The van der Waals surface area contributed by atoms with E-state index in [0.717, 1.165) is 0 Å². The molecule has 0 aromatic heterocycles. The standard InChI is InChI=1S/C5H7O2.CH3.Rf/c1-4(2)5(6)7-3;;/h1,3H2,2H3;1H3;/q2*-1;. The third-order valence-electron chi connectivity index (χ3n) is 0.480. The summed E-state index contributed by atoms with van der Waals surface area (Å²) >= 11 is 0. The van der Waals surface area contributed by atoms with Crippen molar-refractivity contribution in [1.29, 1.82) is 0 Å². The molecule has 3 heteroatoms. The van der Waals surface area contributed by atoms with Gasteiger partial charge in [-0.15, -0.1) is 0 Å². The van der Waals surface area contributed by atoms with Gasteiger partial charge in [0.2, 0.25) is 0 Å². The first-order chi connectivity index (χ1) is 3.18. The summed E-state index contributed by atoms with van der Waals surface area (Å²) < 4.78 is 4.02. The third kappa shape index (κ3) is 6.21. The molecule has 0 aromatic carbocycles. The molecule has 0 fully saturated rings. The van der Waals surface area contributed by atoms with E-state index in [0.29, 0.717) is 5.57 Å².